The van der Waals surface area contributed by atoms with Gasteiger partial charge in [0, 0.05) is 0 Å². The van der Waals surface area contributed by atoms with Crippen LogP contribution in [0, 0.1) is 0 Å². The van der Waals surface area contributed by atoms with Gasteiger partial charge in [0.25, 0.3) is 0 Å². The Hall–Kier alpha value is -3.58. The standard InChI is InChI=1S/C26H18O/c27-20-16-14-19(15-17-20)26-23-12-6-4-10-21(23)25(18-8-2-1-3-9-18)22-11-5-7-13-24(22)26/h1-17,27H. The summed E-state index contributed by atoms with van der Waals surface area (Å²) in [6, 6.07) is 35.3. The van der Waals surface area contributed by atoms with Gasteiger partial charge in [0.2, 0.25) is 0 Å². The Bertz CT molecular complexity index is 1200. The summed E-state index contributed by atoms with van der Waals surface area (Å²) in [5.41, 5.74) is 4.81. The van der Waals surface area contributed by atoms with Crippen molar-refractivity contribution in [1.82, 2.24) is 0 Å². The van der Waals surface area contributed by atoms with Gasteiger partial charge in [-0.15, -0.1) is 0 Å². The van der Waals surface area contributed by atoms with Crippen LogP contribution in [0.5, 0.6) is 5.75 Å². The summed E-state index contributed by atoms with van der Waals surface area (Å²) in [6.07, 6.45) is 0. The van der Waals surface area contributed by atoms with Crippen LogP contribution in [0.2, 0.25) is 0 Å². The van der Waals surface area contributed by atoms with E-state index in [1.807, 2.05) is 12.1 Å². The molecule has 0 aromatic heterocycles. The zero-order chi connectivity index (χ0) is 18.2. The second-order valence-electron chi connectivity index (χ2n) is 6.75. The van der Waals surface area contributed by atoms with Gasteiger partial charge in [0.05, 0.1) is 0 Å². The Kier molecular flexibility index (Phi) is 3.65. The van der Waals surface area contributed by atoms with E-state index in [0.29, 0.717) is 0 Å². The van der Waals surface area contributed by atoms with Crippen LogP contribution in [0.15, 0.2) is 103 Å². The van der Waals surface area contributed by atoms with E-state index >= 15 is 0 Å². The molecular weight excluding hydrogens is 328 g/mol. The summed E-state index contributed by atoms with van der Waals surface area (Å²) in [6.45, 7) is 0. The zero-order valence-electron chi connectivity index (χ0n) is 14.8. The van der Waals surface area contributed by atoms with Crippen LogP contribution in [-0.4, -0.2) is 5.11 Å². The van der Waals surface area contributed by atoms with Crippen molar-refractivity contribution >= 4 is 21.5 Å². The number of benzene rings is 5. The molecule has 27 heavy (non-hydrogen) atoms. The number of phenolic OH excluding ortho intramolecular Hbond substituents is 1. The van der Waals surface area contributed by atoms with E-state index in [4.69, 9.17) is 0 Å². The van der Waals surface area contributed by atoms with Crippen LogP contribution >= 0.6 is 0 Å². The maximum absolute atomic E-state index is 9.72. The molecule has 5 aromatic rings. The first-order chi connectivity index (χ1) is 13.3. The second kappa shape index (κ2) is 6.30. The quantitative estimate of drug-likeness (QED) is 0.340. The molecular formula is C26H18O. The lowest BCUT2D eigenvalue weighted by Crippen LogP contribution is -1.90. The molecule has 0 aliphatic rings. The van der Waals surface area contributed by atoms with Crippen molar-refractivity contribution in [1.29, 1.82) is 0 Å². The summed E-state index contributed by atoms with van der Waals surface area (Å²) in [5.74, 6) is 0.285. The lowest BCUT2D eigenvalue weighted by atomic mass is 9.86. The molecule has 0 unspecified atom stereocenters. The van der Waals surface area contributed by atoms with Gasteiger partial charge in [-0.1, -0.05) is 91.0 Å². The number of fused-ring (bicyclic) bond motifs is 2. The molecule has 0 bridgehead atoms. The fourth-order valence-corrected chi connectivity index (χ4v) is 3.98. The van der Waals surface area contributed by atoms with E-state index in [1.165, 1.54) is 38.2 Å². The number of phenols is 1. The number of aromatic hydroxyl groups is 1. The zero-order valence-corrected chi connectivity index (χ0v) is 14.8. The van der Waals surface area contributed by atoms with E-state index in [-0.39, 0.29) is 5.75 Å². The molecule has 0 aliphatic carbocycles. The minimum Gasteiger partial charge on any atom is -0.508 e. The van der Waals surface area contributed by atoms with Crippen LogP contribution in [-0.2, 0) is 0 Å². The summed E-state index contributed by atoms with van der Waals surface area (Å²) in [5, 5.41) is 14.7. The van der Waals surface area contributed by atoms with E-state index in [9.17, 15) is 5.11 Å². The number of rotatable bonds is 2. The van der Waals surface area contributed by atoms with E-state index in [2.05, 4.69) is 78.9 Å². The monoisotopic (exact) mass is 346 g/mol. The Morgan fingerprint density at radius 3 is 1.19 bits per heavy atom. The van der Waals surface area contributed by atoms with Gasteiger partial charge in [-0.2, -0.15) is 0 Å². The SMILES string of the molecule is Oc1ccc(-c2c3ccccc3c(-c3ccccc3)c3ccccc23)cc1. The first kappa shape index (κ1) is 15.7. The molecule has 0 fully saturated rings. The first-order valence-corrected chi connectivity index (χ1v) is 9.11. The van der Waals surface area contributed by atoms with E-state index in [0.717, 1.165) is 5.56 Å². The molecule has 1 nitrogen and oxygen atoms in total. The summed E-state index contributed by atoms with van der Waals surface area (Å²) in [4.78, 5) is 0. The molecule has 5 rings (SSSR count). The lowest BCUT2D eigenvalue weighted by Gasteiger charge is -2.17. The molecule has 0 saturated carbocycles. The van der Waals surface area contributed by atoms with Gasteiger partial charge in [-0.3, -0.25) is 0 Å². The Morgan fingerprint density at radius 2 is 0.741 bits per heavy atom. The fraction of sp³-hybridized carbons (Fsp3) is 0. The number of hydrogen-bond acceptors (Lipinski definition) is 1. The molecule has 5 aromatic carbocycles. The van der Waals surface area contributed by atoms with Crippen molar-refractivity contribution in [2.75, 3.05) is 0 Å². The van der Waals surface area contributed by atoms with Crippen molar-refractivity contribution < 1.29 is 5.11 Å². The molecule has 0 amide bonds. The van der Waals surface area contributed by atoms with Gasteiger partial charge in [-0.05, 0) is 55.9 Å². The van der Waals surface area contributed by atoms with Crippen molar-refractivity contribution in [2.45, 2.75) is 0 Å². The average molecular weight is 346 g/mol. The third-order valence-corrected chi connectivity index (χ3v) is 5.15. The Labute approximate surface area is 158 Å². The molecule has 0 saturated heterocycles. The summed E-state index contributed by atoms with van der Waals surface area (Å²) in [7, 11) is 0. The van der Waals surface area contributed by atoms with Gasteiger partial charge >= 0.3 is 0 Å². The highest BCUT2D eigenvalue weighted by molar-refractivity contribution is 6.21. The molecule has 0 heterocycles. The predicted octanol–water partition coefficient (Wildman–Crippen LogP) is 7.03. The van der Waals surface area contributed by atoms with Gasteiger partial charge in [0.1, 0.15) is 5.75 Å². The van der Waals surface area contributed by atoms with Crippen LogP contribution < -0.4 is 0 Å². The smallest absolute Gasteiger partial charge is 0.115 e. The highest BCUT2D eigenvalue weighted by atomic mass is 16.3. The largest absolute Gasteiger partial charge is 0.508 e. The molecule has 1 heteroatoms. The topological polar surface area (TPSA) is 20.2 Å². The van der Waals surface area contributed by atoms with E-state index < -0.39 is 0 Å². The average Bonchev–Trinajstić information content (AvgIpc) is 2.73. The van der Waals surface area contributed by atoms with Crippen LogP contribution in [0.4, 0.5) is 0 Å². The van der Waals surface area contributed by atoms with Crippen molar-refractivity contribution in [3.8, 4) is 28.0 Å². The van der Waals surface area contributed by atoms with Gasteiger partial charge < -0.3 is 5.11 Å². The molecule has 1 N–H and O–H groups in total. The summed E-state index contributed by atoms with van der Waals surface area (Å²) < 4.78 is 0. The molecule has 0 spiro atoms. The fourth-order valence-electron chi connectivity index (χ4n) is 3.98. The Balaban J connectivity index is 1.99. The molecule has 0 aliphatic heterocycles. The predicted molar refractivity (Wildman–Crippen MR) is 114 cm³/mol. The van der Waals surface area contributed by atoms with Crippen LogP contribution in [0.25, 0.3) is 43.8 Å². The third kappa shape index (κ3) is 2.56. The Morgan fingerprint density at radius 1 is 0.370 bits per heavy atom. The molecule has 128 valence electrons. The second-order valence-corrected chi connectivity index (χ2v) is 6.75. The maximum Gasteiger partial charge on any atom is 0.115 e. The lowest BCUT2D eigenvalue weighted by molar-refractivity contribution is 0.475. The molecule has 0 atom stereocenters. The third-order valence-electron chi connectivity index (χ3n) is 5.15. The first-order valence-electron chi connectivity index (χ1n) is 9.11. The van der Waals surface area contributed by atoms with Crippen LogP contribution in [0.1, 0.15) is 0 Å². The van der Waals surface area contributed by atoms with Crippen LogP contribution in [0.3, 0.4) is 0 Å². The highest BCUT2D eigenvalue weighted by Crippen LogP contribution is 2.43. The van der Waals surface area contributed by atoms with Gasteiger partial charge in [0.15, 0.2) is 0 Å². The van der Waals surface area contributed by atoms with Crippen molar-refractivity contribution in [2.24, 2.45) is 0 Å². The minimum absolute atomic E-state index is 0.285. The maximum atomic E-state index is 9.72. The van der Waals surface area contributed by atoms with Crippen molar-refractivity contribution in [3.63, 3.8) is 0 Å². The minimum atomic E-state index is 0.285. The normalized spacial score (nSPS) is 11.1. The van der Waals surface area contributed by atoms with E-state index in [1.54, 1.807) is 12.1 Å². The number of hydrogen-bond donors (Lipinski definition) is 1. The molecule has 0 radical (unpaired) electrons. The van der Waals surface area contributed by atoms with Gasteiger partial charge in [-0.25, -0.2) is 0 Å². The highest BCUT2D eigenvalue weighted by Gasteiger charge is 2.15. The summed E-state index contributed by atoms with van der Waals surface area (Å²) >= 11 is 0. The van der Waals surface area contributed by atoms with Crippen molar-refractivity contribution in [3.05, 3.63) is 103 Å².